The van der Waals surface area contributed by atoms with Gasteiger partial charge in [-0.25, -0.2) is 0 Å². The summed E-state index contributed by atoms with van der Waals surface area (Å²) in [6.07, 6.45) is 2.58. The Morgan fingerprint density at radius 1 is 1.44 bits per heavy atom. The zero-order valence-corrected chi connectivity index (χ0v) is 6.48. The lowest BCUT2D eigenvalue weighted by Gasteiger charge is -2.34. The molecule has 1 nitrogen and oxygen atoms in total. The van der Waals surface area contributed by atoms with Crippen molar-refractivity contribution in [3.63, 3.8) is 0 Å². The summed E-state index contributed by atoms with van der Waals surface area (Å²) in [4.78, 5) is 0. The van der Waals surface area contributed by atoms with E-state index in [9.17, 15) is 0 Å². The Balaban J connectivity index is 2.51. The summed E-state index contributed by atoms with van der Waals surface area (Å²) < 4.78 is 1.14. The van der Waals surface area contributed by atoms with Gasteiger partial charge in [-0.1, -0.05) is 6.58 Å². The second-order valence-corrected chi connectivity index (χ2v) is 3.67. The first-order chi connectivity index (χ1) is 4.10. The van der Waals surface area contributed by atoms with Gasteiger partial charge in [0.15, 0.2) is 0 Å². The predicted molar refractivity (Wildman–Crippen MR) is 40.2 cm³/mol. The molecule has 0 aliphatic carbocycles. The van der Waals surface area contributed by atoms with Crippen LogP contribution in [0.2, 0.25) is 0 Å². The van der Waals surface area contributed by atoms with Gasteiger partial charge in [-0.05, 0) is 12.0 Å². The number of piperidine rings is 1. The maximum atomic E-state index is 3.99. The Labute approximate surface area is 57.6 Å². The molecule has 52 valence electrons. The fourth-order valence-corrected chi connectivity index (χ4v) is 1.52. The highest BCUT2D eigenvalue weighted by Crippen LogP contribution is 2.16. The topological polar surface area (TPSA) is 0 Å². The van der Waals surface area contributed by atoms with Crippen LogP contribution in [0, 0.1) is 0 Å². The van der Waals surface area contributed by atoms with E-state index in [1.54, 1.807) is 0 Å². The smallest absolute Gasteiger partial charge is 0.0996 e. The minimum Gasteiger partial charge on any atom is -0.325 e. The van der Waals surface area contributed by atoms with E-state index in [0.717, 1.165) is 4.48 Å². The zero-order chi connectivity index (χ0) is 6.91. The Morgan fingerprint density at radius 3 is 2.44 bits per heavy atom. The van der Waals surface area contributed by atoms with Gasteiger partial charge in [0.05, 0.1) is 27.2 Å². The molecule has 1 heterocycles. The number of quaternary nitrogens is 1. The molecule has 9 heavy (non-hydrogen) atoms. The van der Waals surface area contributed by atoms with E-state index in [0.29, 0.717) is 0 Å². The summed E-state index contributed by atoms with van der Waals surface area (Å²) in [5.41, 5.74) is 1.42. The molecule has 0 N–H and O–H groups in total. The first kappa shape index (κ1) is 6.81. The van der Waals surface area contributed by atoms with Crippen LogP contribution in [0.15, 0.2) is 12.2 Å². The molecule has 1 rings (SSSR count). The first-order valence-electron chi connectivity index (χ1n) is 3.59. The van der Waals surface area contributed by atoms with E-state index >= 15 is 0 Å². The van der Waals surface area contributed by atoms with Crippen molar-refractivity contribution >= 4 is 0 Å². The second-order valence-electron chi connectivity index (χ2n) is 3.67. The average molecular weight is 126 g/mol. The Morgan fingerprint density at radius 2 is 2.11 bits per heavy atom. The number of likely N-dealkylation sites (tertiary alicyclic amines) is 1. The van der Waals surface area contributed by atoms with E-state index in [1.165, 1.54) is 31.5 Å². The van der Waals surface area contributed by atoms with E-state index in [1.807, 2.05) is 0 Å². The largest absolute Gasteiger partial charge is 0.325 e. The molecule has 1 heteroatoms. The number of hydrogen-bond donors (Lipinski definition) is 0. The van der Waals surface area contributed by atoms with Gasteiger partial charge in [-0.2, -0.15) is 0 Å². The molecular weight excluding hydrogens is 110 g/mol. The van der Waals surface area contributed by atoms with Crippen molar-refractivity contribution in [1.29, 1.82) is 0 Å². The lowest BCUT2D eigenvalue weighted by Crippen LogP contribution is -2.44. The fourth-order valence-electron chi connectivity index (χ4n) is 1.52. The maximum Gasteiger partial charge on any atom is 0.0996 e. The van der Waals surface area contributed by atoms with E-state index < -0.39 is 0 Å². The monoisotopic (exact) mass is 126 g/mol. The van der Waals surface area contributed by atoms with Gasteiger partial charge in [0, 0.05) is 6.42 Å². The Hall–Kier alpha value is -0.300. The van der Waals surface area contributed by atoms with Crippen molar-refractivity contribution < 1.29 is 4.48 Å². The molecule has 0 unspecified atom stereocenters. The van der Waals surface area contributed by atoms with Gasteiger partial charge in [-0.15, -0.1) is 0 Å². The Bertz CT molecular complexity index is 125. The van der Waals surface area contributed by atoms with E-state index in [2.05, 4.69) is 20.7 Å². The number of hydrogen-bond acceptors (Lipinski definition) is 0. The van der Waals surface area contributed by atoms with Crippen LogP contribution in [0.3, 0.4) is 0 Å². The quantitative estimate of drug-likeness (QED) is 0.340. The summed E-state index contributed by atoms with van der Waals surface area (Å²) in [5, 5.41) is 0. The molecule has 0 amide bonds. The lowest BCUT2D eigenvalue weighted by molar-refractivity contribution is -0.889. The third-order valence-electron chi connectivity index (χ3n) is 1.95. The van der Waals surface area contributed by atoms with Crippen LogP contribution in [-0.4, -0.2) is 31.7 Å². The molecule has 0 spiro atoms. The van der Waals surface area contributed by atoms with Gasteiger partial charge in [0.25, 0.3) is 0 Å². The van der Waals surface area contributed by atoms with Crippen LogP contribution in [0.25, 0.3) is 0 Å². The zero-order valence-electron chi connectivity index (χ0n) is 6.48. The maximum absolute atomic E-state index is 3.99. The highest BCUT2D eigenvalue weighted by atomic mass is 15.3. The molecule has 0 aromatic rings. The van der Waals surface area contributed by atoms with Gasteiger partial charge in [0.1, 0.15) is 0 Å². The molecular formula is C8H16N+. The third kappa shape index (κ3) is 1.83. The molecule has 1 saturated heterocycles. The lowest BCUT2D eigenvalue weighted by atomic mass is 10.1. The summed E-state index contributed by atoms with van der Waals surface area (Å²) >= 11 is 0. The van der Waals surface area contributed by atoms with Crippen LogP contribution in [0.4, 0.5) is 0 Å². The molecule has 0 saturated carbocycles. The summed E-state index contributed by atoms with van der Waals surface area (Å²) in [5.74, 6) is 0. The molecule has 0 aromatic heterocycles. The number of rotatable bonds is 0. The van der Waals surface area contributed by atoms with E-state index in [4.69, 9.17) is 0 Å². The summed E-state index contributed by atoms with van der Waals surface area (Å²) in [6, 6.07) is 0. The van der Waals surface area contributed by atoms with Crippen LogP contribution in [0.1, 0.15) is 12.8 Å². The summed E-state index contributed by atoms with van der Waals surface area (Å²) in [6.45, 7) is 6.49. The van der Waals surface area contributed by atoms with Gasteiger partial charge in [-0.3, -0.25) is 0 Å². The SMILES string of the molecule is C=C1CCC[N+](C)(C)C1. The number of nitrogens with zero attached hydrogens (tertiary/aromatic N) is 1. The summed E-state index contributed by atoms with van der Waals surface area (Å²) in [7, 11) is 4.54. The van der Waals surface area contributed by atoms with Crippen LogP contribution < -0.4 is 0 Å². The second kappa shape index (κ2) is 2.14. The van der Waals surface area contributed by atoms with Crippen LogP contribution >= 0.6 is 0 Å². The molecule has 0 atom stereocenters. The Kier molecular flexibility index (Phi) is 1.62. The van der Waals surface area contributed by atoms with Crippen molar-refractivity contribution in [1.82, 2.24) is 0 Å². The highest BCUT2D eigenvalue weighted by molar-refractivity contribution is 4.95. The predicted octanol–water partition coefficient (Wildman–Crippen LogP) is 1.41. The minimum atomic E-state index is 1.14. The third-order valence-corrected chi connectivity index (χ3v) is 1.95. The van der Waals surface area contributed by atoms with E-state index in [-0.39, 0.29) is 0 Å². The van der Waals surface area contributed by atoms with Gasteiger partial charge < -0.3 is 4.48 Å². The highest BCUT2D eigenvalue weighted by Gasteiger charge is 2.20. The normalized spacial score (nSPS) is 26.2. The average Bonchev–Trinajstić information content (AvgIpc) is 1.60. The van der Waals surface area contributed by atoms with Gasteiger partial charge >= 0.3 is 0 Å². The fraction of sp³-hybridized carbons (Fsp3) is 0.750. The number of likely N-dealkylation sites (N-methyl/N-ethyl adjacent to an activating group) is 1. The van der Waals surface area contributed by atoms with Gasteiger partial charge in [0.2, 0.25) is 0 Å². The van der Waals surface area contributed by atoms with Crippen LogP contribution in [0.5, 0.6) is 0 Å². The molecule has 1 fully saturated rings. The van der Waals surface area contributed by atoms with Crippen molar-refractivity contribution in [2.24, 2.45) is 0 Å². The minimum absolute atomic E-state index is 1.14. The molecule has 1 aliphatic rings. The molecule has 0 bridgehead atoms. The molecule has 0 radical (unpaired) electrons. The van der Waals surface area contributed by atoms with Crippen LogP contribution in [-0.2, 0) is 0 Å². The van der Waals surface area contributed by atoms with Crippen molar-refractivity contribution in [2.75, 3.05) is 27.2 Å². The standard InChI is InChI=1S/C8H16N/c1-8-5-4-6-9(2,3)7-8/h1,4-7H2,2-3H3/q+1. The first-order valence-corrected chi connectivity index (χ1v) is 3.59. The molecule has 0 aromatic carbocycles. The molecule has 1 aliphatic heterocycles. The van der Waals surface area contributed by atoms with Crippen molar-refractivity contribution in [2.45, 2.75) is 12.8 Å². The van der Waals surface area contributed by atoms with Crippen molar-refractivity contribution in [3.8, 4) is 0 Å². The van der Waals surface area contributed by atoms with Crippen molar-refractivity contribution in [3.05, 3.63) is 12.2 Å².